The van der Waals surface area contributed by atoms with Crippen LogP contribution >= 0.6 is 11.6 Å². The average Bonchev–Trinajstić information content (AvgIpc) is 3.06. The number of halogens is 1. The Balaban J connectivity index is 1.90. The van der Waals surface area contributed by atoms with Gasteiger partial charge in [0.2, 0.25) is 0 Å². The van der Waals surface area contributed by atoms with Crippen LogP contribution in [0.4, 0.5) is 0 Å². The third-order valence-electron chi connectivity index (χ3n) is 4.34. The summed E-state index contributed by atoms with van der Waals surface area (Å²) in [6.07, 6.45) is 0. The first-order valence-electron chi connectivity index (χ1n) is 8.33. The summed E-state index contributed by atoms with van der Waals surface area (Å²) in [7, 11) is 1.61. The quantitative estimate of drug-likeness (QED) is 0.533. The molecule has 2 aromatic carbocycles. The van der Waals surface area contributed by atoms with E-state index < -0.39 is 0 Å². The fourth-order valence-electron chi connectivity index (χ4n) is 3.00. The molecule has 7 heteroatoms. The average molecular weight is 382 g/mol. The zero-order chi connectivity index (χ0) is 19.0. The molecule has 2 heterocycles. The van der Waals surface area contributed by atoms with Crippen LogP contribution in [0.15, 0.2) is 57.8 Å². The summed E-state index contributed by atoms with van der Waals surface area (Å²) in [6, 6.07) is 14.8. The number of hydrogen-bond acceptors (Lipinski definition) is 5. The van der Waals surface area contributed by atoms with Gasteiger partial charge >= 0.3 is 0 Å². The Labute approximate surface area is 159 Å². The summed E-state index contributed by atoms with van der Waals surface area (Å²) in [5, 5.41) is 9.79. The molecule has 27 heavy (non-hydrogen) atoms. The maximum Gasteiger partial charge on any atom is 0.297 e. The predicted molar refractivity (Wildman–Crippen MR) is 103 cm³/mol. The van der Waals surface area contributed by atoms with Crippen molar-refractivity contribution in [2.75, 3.05) is 7.11 Å². The van der Waals surface area contributed by atoms with Crippen molar-refractivity contribution in [1.29, 1.82) is 0 Å². The van der Waals surface area contributed by atoms with Gasteiger partial charge in [-0.1, -0.05) is 28.9 Å². The van der Waals surface area contributed by atoms with Crippen LogP contribution in [0.2, 0.25) is 5.02 Å². The van der Waals surface area contributed by atoms with Crippen molar-refractivity contribution in [3.8, 4) is 17.0 Å². The van der Waals surface area contributed by atoms with Crippen molar-refractivity contribution in [1.82, 2.24) is 14.9 Å². The van der Waals surface area contributed by atoms with Gasteiger partial charge in [-0.25, -0.2) is 4.68 Å². The number of ether oxygens (including phenoxy) is 1. The van der Waals surface area contributed by atoms with Crippen molar-refractivity contribution in [3.63, 3.8) is 0 Å². The van der Waals surface area contributed by atoms with E-state index in [0.717, 1.165) is 16.9 Å². The fraction of sp³-hybridized carbons (Fsp3) is 0.150. The fourth-order valence-corrected chi connectivity index (χ4v) is 3.21. The van der Waals surface area contributed by atoms with Gasteiger partial charge in [0.25, 0.3) is 5.56 Å². The summed E-state index contributed by atoms with van der Waals surface area (Å²) in [5.74, 6) is 1.29. The molecule has 4 rings (SSSR count). The minimum absolute atomic E-state index is 0.260. The normalized spacial score (nSPS) is 11.1. The van der Waals surface area contributed by atoms with Crippen molar-refractivity contribution in [2.45, 2.75) is 13.5 Å². The van der Waals surface area contributed by atoms with Crippen LogP contribution in [0, 0.1) is 6.92 Å². The van der Waals surface area contributed by atoms with Gasteiger partial charge in [-0.2, -0.15) is 5.10 Å². The molecular weight excluding hydrogens is 366 g/mol. The lowest BCUT2D eigenvalue weighted by Gasteiger charge is -2.10. The van der Waals surface area contributed by atoms with E-state index in [2.05, 4.69) is 10.3 Å². The molecule has 0 saturated carbocycles. The van der Waals surface area contributed by atoms with Crippen LogP contribution in [0.3, 0.4) is 0 Å². The van der Waals surface area contributed by atoms with E-state index in [1.54, 1.807) is 26.2 Å². The standard InChI is InChI=1S/C20H16ClN3O3/c1-12-17-18(14-6-8-16(26-2)9-7-14)22-24(20(25)19(17)23-27-12)11-13-4-3-5-15(21)10-13/h3-10H,11H2,1-2H3. The second-order valence-corrected chi connectivity index (χ2v) is 6.57. The molecule has 136 valence electrons. The summed E-state index contributed by atoms with van der Waals surface area (Å²) in [4.78, 5) is 12.8. The first kappa shape index (κ1) is 17.3. The number of rotatable bonds is 4. The van der Waals surface area contributed by atoms with Crippen LogP contribution in [0.5, 0.6) is 5.75 Å². The molecule has 0 aliphatic carbocycles. The molecule has 0 saturated heterocycles. The van der Waals surface area contributed by atoms with Crippen molar-refractivity contribution in [2.24, 2.45) is 0 Å². The minimum atomic E-state index is -0.306. The number of aromatic nitrogens is 3. The third-order valence-corrected chi connectivity index (χ3v) is 4.58. The highest BCUT2D eigenvalue weighted by Crippen LogP contribution is 2.28. The molecular formula is C20H16ClN3O3. The lowest BCUT2D eigenvalue weighted by atomic mass is 10.1. The second kappa shape index (κ2) is 6.89. The highest BCUT2D eigenvalue weighted by molar-refractivity contribution is 6.30. The molecule has 4 aromatic rings. The predicted octanol–water partition coefficient (Wildman–Crippen LogP) is 4.07. The van der Waals surface area contributed by atoms with Gasteiger partial charge in [-0.3, -0.25) is 4.79 Å². The SMILES string of the molecule is COc1ccc(-c2nn(Cc3cccc(Cl)c3)c(=O)c3noc(C)c23)cc1. The van der Waals surface area contributed by atoms with Gasteiger partial charge < -0.3 is 9.26 Å². The third kappa shape index (κ3) is 3.19. The summed E-state index contributed by atoms with van der Waals surface area (Å²) in [6.45, 7) is 2.05. The van der Waals surface area contributed by atoms with Crippen LogP contribution in [-0.4, -0.2) is 22.0 Å². The van der Waals surface area contributed by atoms with E-state index in [1.807, 2.05) is 36.4 Å². The maximum atomic E-state index is 12.8. The molecule has 0 amide bonds. The molecule has 0 radical (unpaired) electrons. The van der Waals surface area contributed by atoms with E-state index in [0.29, 0.717) is 21.9 Å². The maximum absolute atomic E-state index is 12.8. The summed E-state index contributed by atoms with van der Waals surface area (Å²) in [5.41, 5.74) is 2.30. The van der Waals surface area contributed by atoms with Gasteiger partial charge in [0.05, 0.1) is 19.0 Å². The number of fused-ring (bicyclic) bond motifs is 1. The molecule has 0 aliphatic heterocycles. The summed E-state index contributed by atoms with van der Waals surface area (Å²) >= 11 is 6.06. The lowest BCUT2D eigenvalue weighted by molar-refractivity contribution is 0.405. The molecule has 0 fully saturated rings. The van der Waals surface area contributed by atoms with Crippen molar-refractivity contribution in [3.05, 3.63) is 75.2 Å². The van der Waals surface area contributed by atoms with Crippen LogP contribution in [-0.2, 0) is 6.54 Å². The highest BCUT2D eigenvalue weighted by Gasteiger charge is 2.19. The Morgan fingerprint density at radius 3 is 2.67 bits per heavy atom. The number of methoxy groups -OCH3 is 1. The Morgan fingerprint density at radius 1 is 1.19 bits per heavy atom. The first-order chi connectivity index (χ1) is 13.1. The molecule has 0 bridgehead atoms. The van der Waals surface area contributed by atoms with Gasteiger partial charge in [-0.05, 0) is 48.9 Å². The van der Waals surface area contributed by atoms with E-state index in [1.165, 1.54) is 4.68 Å². The van der Waals surface area contributed by atoms with E-state index >= 15 is 0 Å². The highest BCUT2D eigenvalue weighted by atomic mass is 35.5. The number of benzene rings is 2. The second-order valence-electron chi connectivity index (χ2n) is 6.13. The van der Waals surface area contributed by atoms with Gasteiger partial charge in [0, 0.05) is 10.6 Å². The smallest absolute Gasteiger partial charge is 0.297 e. The Hall–Kier alpha value is -3.12. The molecule has 0 unspecified atom stereocenters. The monoisotopic (exact) mass is 381 g/mol. The molecule has 2 aromatic heterocycles. The molecule has 0 N–H and O–H groups in total. The van der Waals surface area contributed by atoms with Gasteiger partial charge in [0.1, 0.15) is 17.2 Å². The lowest BCUT2D eigenvalue weighted by Crippen LogP contribution is -2.24. The molecule has 6 nitrogen and oxygen atoms in total. The van der Waals surface area contributed by atoms with Crippen molar-refractivity contribution < 1.29 is 9.26 Å². The van der Waals surface area contributed by atoms with E-state index in [-0.39, 0.29) is 17.6 Å². The largest absolute Gasteiger partial charge is 0.497 e. The molecule has 0 aliphatic rings. The summed E-state index contributed by atoms with van der Waals surface area (Å²) < 4.78 is 11.9. The zero-order valence-electron chi connectivity index (χ0n) is 14.8. The zero-order valence-corrected chi connectivity index (χ0v) is 15.5. The Bertz CT molecular complexity index is 1180. The van der Waals surface area contributed by atoms with E-state index in [9.17, 15) is 4.79 Å². The Morgan fingerprint density at radius 2 is 1.96 bits per heavy atom. The topological polar surface area (TPSA) is 70.2 Å². The molecule has 0 atom stereocenters. The van der Waals surface area contributed by atoms with Crippen LogP contribution < -0.4 is 10.3 Å². The van der Waals surface area contributed by atoms with Gasteiger partial charge in [0.15, 0.2) is 5.52 Å². The number of hydrogen-bond donors (Lipinski definition) is 0. The van der Waals surface area contributed by atoms with Crippen LogP contribution in [0.25, 0.3) is 22.2 Å². The molecule has 0 spiro atoms. The van der Waals surface area contributed by atoms with Crippen molar-refractivity contribution >= 4 is 22.5 Å². The van der Waals surface area contributed by atoms with Crippen LogP contribution in [0.1, 0.15) is 11.3 Å². The van der Waals surface area contributed by atoms with E-state index in [4.69, 9.17) is 20.9 Å². The minimum Gasteiger partial charge on any atom is -0.497 e. The Kier molecular flexibility index (Phi) is 4.41. The van der Waals surface area contributed by atoms with Gasteiger partial charge in [-0.15, -0.1) is 0 Å². The number of nitrogens with zero attached hydrogens (tertiary/aromatic N) is 3. The number of aryl methyl sites for hydroxylation is 1. The first-order valence-corrected chi connectivity index (χ1v) is 8.70.